The van der Waals surface area contributed by atoms with E-state index in [1.807, 2.05) is 0 Å². The van der Waals surface area contributed by atoms with Crippen molar-refractivity contribution >= 4 is 17.7 Å². The van der Waals surface area contributed by atoms with E-state index in [1.165, 1.54) is 0 Å². The molecule has 1 aliphatic carbocycles. The Kier molecular flexibility index (Phi) is 5.83. The molecule has 7 heteroatoms. The fourth-order valence-corrected chi connectivity index (χ4v) is 2.44. The quantitative estimate of drug-likeness (QED) is 0.428. The molecule has 0 aromatic carbocycles. The Morgan fingerprint density at radius 2 is 1.71 bits per heavy atom. The van der Waals surface area contributed by atoms with Crippen LogP contribution in [0, 0.1) is 5.92 Å². The molecule has 0 aromatic rings. The largest absolute Gasteiger partial charge is 0.460 e. The number of carbonyl (C=O) groups excluding carboxylic acids is 3. The molecule has 0 heterocycles. The maximum absolute atomic E-state index is 12.0. The number of carbonyl (C=O) groups is 3. The average molecular weight is 343 g/mol. The van der Waals surface area contributed by atoms with Gasteiger partial charge in [-0.15, -0.1) is 0 Å². The Hall–Kier alpha value is -1.47. The monoisotopic (exact) mass is 343 g/mol. The minimum absolute atomic E-state index is 0.0278. The first-order valence-electron chi connectivity index (χ1n) is 8.07. The van der Waals surface area contributed by atoms with Gasteiger partial charge in [-0.1, -0.05) is 0 Å². The van der Waals surface area contributed by atoms with Crippen LogP contribution in [0.15, 0.2) is 0 Å². The lowest BCUT2D eigenvalue weighted by Gasteiger charge is -2.31. The summed E-state index contributed by atoms with van der Waals surface area (Å²) in [4.78, 5) is 35.0. The van der Waals surface area contributed by atoms with Crippen LogP contribution in [0.2, 0.25) is 0 Å². The van der Waals surface area contributed by atoms with E-state index in [9.17, 15) is 19.5 Å². The van der Waals surface area contributed by atoms with Gasteiger partial charge < -0.3 is 19.9 Å². The van der Waals surface area contributed by atoms with Crippen LogP contribution in [0.3, 0.4) is 0 Å². The number of hydrogen-bond donors (Lipinski definition) is 2. The van der Waals surface area contributed by atoms with Crippen molar-refractivity contribution in [3.05, 3.63) is 0 Å². The van der Waals surface area contributed by atoms with Crippen molar-refractivity contribution in [2.45, 2.75) is 84.3 Å². The van der Waals surface area contributed by atoms with Crippen LogP contribution < -0.4 is 5.32 Å². The SMILES string of the molecule is CC(=O)C(=O)NC1(C(O)OC(C)(C)C)CC1CC(=O)OC(C)(C)C. The number of nitrogens with one attached hydrogen (secondary N) is 1. The lowest BCUT2D eigenvalue weighted by molar-refractivity contribution is -0.190. The summed E-state index contributed by atoms with van der Waals surface area (Å²) >= 11 is 0. The molecule has 24 heavy (non-hydrogen) atoms. The number of amides is 1. The average Bonchev–Trinajstić information content (AvgIpc) is 2.97. The highest BCUT2D eigenvalue weighted by atomic mass is 16.6. The highest BCUT2D eigenvalue weighted by molar-refractivity contribution is 6.35. The summed E-state index contributed by atoms with van der Waals surface area (Å²) in [6, 6.07) is 0. The summed E-state index contributed by atoms with van der Waals surface area (Å²) in [7, 11) is 0. The van der Waals surface area contributed by atoms with Gasteiger partial charge in [-0.05, 0) is 53.9 Å². The first-order valence-corrected chi connectivity index (χ1v) is 8.07. The summed E-state index contributed by atoms with van der Waals surface area (Å²) in [6.07, 6.45) is -0.962. The fraction of sp³-hybridized carbons (Fsp3) is 0.824. The van der Waals surface area contributed by atoms with E-state index in [0.717, 1.165) is 6.92 Å². The molecule has 0 aromatic heterocycles. The number of Topliss-reactive ketones (excluding diaryl/α,β-unsaturated/α-hetero) is 1. The minimum Gasteiger partial charge on any atom is -0.460 e. The second kappa shape index (κ2) is 6.80. The van der Waals surface area contributed by atoms with Gasteiger partial charge in [0.15, 0.2) is 6.29 Å². The molecule has 3 unspecified atom stereocenters. The molecular formula is C17H29NO6. The molecule has 1 amide bonds. The third-order valence-electron chi connectivity index (χ3n) is 3.56. The molecule has 0 saturated heterocycles. The van der Waals surface area contributed by atoms with E-state index in [4.69, 9.17) is 9.47 Å². The topological polar surface area (TPSA) is 102 Å². The second-order valence-corrected chi connectivity index (χ2v) is 8.32. The summed E-state index contributed by atoms with van der Waals surface area (Å²) in [6.45, 7) is 11.7. The van der Waals surface area contributed by atoms with Gasteiger partial charge in [0.2, 0.25) is 5.78 Å². The Labute approximate surface area is 143 Å². The first kappa shape index (κ1) is 20.6. The van der Waals surface area contributed by atoms with Crippen LogP contribution in [0.1, 0.15) is 61.3 Å². The Bertz CT molecular complexity index is 516. The Morgan fingerprint density at radius 1 is 1.17 bits per heavy atom. The van der Waals surface area contributed by atoms with Crippen LogP contribution in [-0.2, 0) is 23.9 Å². The van der Waals surface area contributed by atoms with Crippen molar-refractivity contribution in [2.75, 3.05) is 0 Å². The standard InChI is InChI=1S/C17H29NO6/c1-10(19)13(21)18-17(14(22)24-16(5,6)7)9-11(17)8-12(20)23-15(2,3)4/h11,14,22H,8-9H2,1-7H3,(H,18,21). The number of aliphatic hydroxyl groups is 1. The van der Waals surface area contributed by atoms with Crippen molar-refractivity contribution in [2.24, 2.45) is 5.92 Å². The summed E-state index contributed by atoms with van der Waals surface area (Å²) in [5.74, 6) is -2.25. The number of ketones is 1. The van der Waals surface area contributed by atoms with Gasteiger partial charge in [-0.3, -0.25) is 14.4 Å². The van der Waals surface area contributed by atoms with Gasteiger partial charge in [0.05, 0.1) is 17.6 Å². The summed E-state index contributed by atoms with van der Waals surface area (Å²) < 4.78 is 10.8. The number of rotatable bonds is 6. The smallest absolute Gasteiger partial charge is 0.306 e. The predicted molar refractivity (Wildman–Crippen MR) is 87.0 cm³/mol. The molecular weight excluding hydrogens is 314 g/mol. The van der Waals surface area contributed by atoms with E-state index < -0.39 is 40.7 Å². The lowest BCUT2D eigenvalue weighted by Crippen LogP contribution is -2.52. The maximum atomic E-state index is 12.0. The Morgan fingerprint density at radius 3 is 2.12 bits per heavy atom. The molecule has 1 rings (SSSR count). The highest BCUT2D eigenvalue weighted by Gasteiger charge is 2.62. The van der Waals surface area contributed by atoms with Crippen molar-refractivity contribution in [3.63, 3.8) is 0 Å². The molecule has 1 aliphatic rings. The summed E-state index contributed by atoms with van der Waals surface area (Å²) in [5.41, 5.74) is -2.41. The van der Waals surface area contributed by atoms with Crippen molar-refractivity contribution in [3.8, 4) is 0 Å². The predicted octanol–water partition coefficient (Wildman–Crippen LogP) is 1.32. The zero-order valence-corrected chi connectivity index (χ0v) is 15.6. The molecule has 0 radical (unpaired) electrons. The maximum Gasteiger partial charge on any atom is 0.306 e. The van der Waals surface area contributed by atoms with E-state index >= 15 is 0 Å². The van der Waals surface area contributed by atoms with Crippen LogP contribution in [0.25, 0.3) is 0 Å². The molecule has 7 nitrogen and oxygen atoms in total. The second-order valence-electron chi connectivity index (χ2n) is 8.32. The highest BCUT2D eigenvalue weighted by Crippen LogP contribution is 2.49. The lowest BCUT2D eigenvalue weighted by atomic mass is 10.1. The third-order valence-corrected chi connectivity index (χ3v) is 3.56. The van der Waals surface area contributed by atoms with Crippen molar-refractivity contribution in [1.82, 2.24) is 5.32 Å². The molecule has 1 saturated carbocycles. The van der Waals surface area contributed by atoms with Gasteiger partial charge in [0, 0.05) is 6.92 Å². The molecule has 138 valence electrons. The summed E-state index contributed by atoms with van der Waals surface area (Å²) in [5, 5.41) is 13.0. The minimum atomic E-state index is -1.33. The Balaban J connectivity index is 2.85. The molecule has 2 N–H and O–H groups in total. The normalized spacial score (nSPS) is 24.9. The molecule has 3 atom stereocenters. The van der Waals surface area contributed by atoms with E-state index in [-0.39, 0.29) is 12.3 Å². The first-order chi connectivity index (χ1) is 10.7. The number of ether oxygens (including phenoxy) is 2. The molecule has 0 spiro atoms. The number of aliphatic hydroxyl groups excluding tert-OH is 1. The molecule has 0 aliphatic heterocycles. The van der Waals surface area contributed by atoms with Crippen LogP contribution in [0.5, 0.6) is 0 Å². The third kappa shape index (κ3) is 5.87. The molecule has 1 fully saturated rings. The van der Waals surface area contributed by atoms with Gasteiger partial charge in [0.1, 0.15) is 5.60 Å². The number of esters is 1. The van der Waals surface area contributed by atoms with Crippen LogP contribution in [0.4, 0.5) is 0 Å². The zero-order valence-electron chi connectivity index (χ0n) is 15.6. The van der Waals surface area contributed by atoms with E-state index in [2.05, 4.69) is 5.32 Å². The van der Waals surface area contributed by atoms with Crippen molar-refractivity contribution in [1.29, 1.82) is 0 Å². The van der Waals surface area contributed by atoms with Crippen molar-refractivity contribution < 1.29 is 29.0 Å². The van der Waals surface area contributed by atoms with E-state index in [0.29, 0.717) is 6.42 Å². The zero-order chi connectivity index (χ0) is 18.9. The van der Waals surface area contributed by atoms with Gasteiger partial charge >= 0.3 is 5.97 Å². The van der Waals surface area contributed by atoms with Crippen LogP contribution >= 0.6 is 0 Å². The van der Waals surface area contributed by atoms with Crippen LogP contribution in [-0.4, -0.2) is 45.8 Å². The van der Waals surface area contributed by atoms with Gasteiger partial charge in [-0.25, -0.2) is 0 Å². The van der Waals surface area contributed by atoms with E-state index in [1.54, 1.807) is 41.5 Å². The van der Waals surface area contributed by atoms with Gasteiger partial charge in [0.25, 0.3) is 5.91 Å². The fourth-order valence-electron chi connectivity index (χ4n) is 2.44. The van der Waals surface area contributed by atoms with Gasteiger partial charge in [-0.2, -0.15) is 0 Å². The number of hydrogen-bond acceptors (Lipinski definition) is 6. The molecule has 0 bridgehead atoms.